The summed E-state index contributed by atoms with van der Waals surface area (Å²) in [6, 6.07) is 8.97. The Labute approximate surface area is 120 Å². The van der Waals surface area contributed by atoms with Gasteiger partial charge in [-0.3, -0.25) is 10.1 Å². The fourth-order valence-electron chi connectivity index (χ4n) is 1.83. The van der Waals surface area contributed by atoms with Gasteiger partial charge in [0.1, 0.15) is 5.82 Å². The number of nitrogens with zero attached hydrogens (tertiary/aromatic N) is 1. The van der Waals surface area contributed by atoms with Crippen molar-refractivity contribution in [3.63, 3.8) is 0 Å². The van der Waals surface area contributed by atoms with E-state index in [9.17, 15) is 14.5 Å². The van der Waals surface area contributed by atoms with Gasteiger partial charge in [0, 0.05) is 23.3 Å². The van der Waals surface area contributed by atoms with E-state index in [4.69, 9.17) is 11.6 Å². The summed E-state index contributed by atoms with van der Waals surface area (Å²) in [7, 11) is 0. The Morgan fingerprint density at radius 1 is 1.30 bits per heavy atom. The molecule has 2 aromatic carbocycles. The van der Waals surface area contributed by atoms with Gasteiger partial charge in [-0.2, -0.15) is 0 Å². The van der Waals surface area contributed by atoms with Crippen molar-refractivity contribution in [3.8, 4) is 0 Å². The number of benzene rings is 2. The molecule has 0 fully saturated rings. The number of nitro groups is 1. The summed E-state index contributed by atoms with van der Waals surface area (Å²) in [5, 5.41) is 14.4. The minimum Gasteiger partial charge on any atom is -0.381 e. The van der Waals surface area contributed by atoms with Crippen molar-refractivity contribution in [2.75, 3.05) is 5.32 Å². The number of rotatable bonds is 4. The highest BCUT2D eigenvalue weighted by atomic mass is 35.5. The fourth-order valence-corrected chi connectivity index (χ4v) is 2.02. The fraction of sp³-hybridized carbons (Fsp3) is 0.143. The van der Waals surface area contributed by atoms with E-state index in [1.807, 2.05) is 0 Å². The zero-order chi connectivity index (χ0) is 14.7. The third kappa shape index (κ3) is 3.24. The third-order valence-electron chi connectivity index (χ3n) is 2.88. The molecule has 2 rings (SSSR count). The van der Waals surface area contributed by atoms with E-state index in [1.165, 1.54) is 18.2 Å². The van der Waals surface area contributed by atoms with Crippen molar-refractivity contribution >= 4 is 23.0 Å². The van der Waals surface area contributed by atoms with E-state index >= 15 is 0 Å². The van der Waals surface area contributed by atoms with Crippen LogP contribution in [-0.4, -0.2) is 4.92 Å². The molecular weight excluding hydrogens is 283 g/mol. The molecule has 2 aromatic rings. The van der Waals surface area contributed by atoms with Crippen LogP contribution in [0.25, 0.3) is 0 Å². The van der Waals surface area contributed by atoms with E-state index in [-0.39, 0.29) is 18.0 Å². The van der Waals surface area contributed by atoms with Gasteiger partial charge in [-0.05, 0) is 42.8 Å². The first-order valence-corrected chi connectivity index (χ1v) is 6.28. The van der Waals surface area contributed by atoms with Gasteiger partial charge in [0.05, 0.1) is 10.5 Å². The Morgan fingerprint density at radius 2 is 2.05 bits per heavy atom. The monoisotopic (exact) mass is 294 g/mol. The summed E-state index contributed by atoms with van der Waals surface area (Å²) in [4.78, 5) is 10.5. The maximum atomic E-state index is 13.2. The first-order valence-electron chi connectivity index (χ1n) is 5.90. The van der Waals surface area contributed by atoms with Crippen molar-refractivity contribution in [3.05, 3.63) is 68.5 Å². The molecular formula is C14H12ClFN2O2. The predicted octanol–water partition coefficient (Wildman–Crippen LogP) is 4.31. The second-order valence-corrected chi connectivity index (χ2v) is 4.78. The van der Waals surface area contributed by atoms with Crippen molar-refractivity contribution in [1.82, 2.24) is 0 Å². The van der Waals surface area contributed by atoms with Crippen molar-refractivity contribution in [2.24, 2.45) is 0 Å². The molecule has 0 spiro atoms. The normalized spacial score (nSPS) is 10.3. The number of nitrogens with one attached hydrogen (secondary N) is 1. The molecule has 0 aliphatic heterocycles. The summed E-state index contributed by atoms with van der Waals surface area (Å²) < 4.78 is 13.2. The Morgan fingerprint density at radius 3 is 2.70 bits per heavy atom. The zero-order valence-corrected chi connectivity index (χ0v) is 11.4. The van der Waals surface area contributed by atoms with Crippen LogP contribution in [0.3, 0.4) is 0 Å². The van der Waals surface area contributed by atoms with Gasteiger partial charge < -0.3 is 5.32 Å². The second kappa shape index (κ2) is 5.88. The van der Waals surface area contributed by atoms with E-state index in [0.29, 0.717) is 21.8 Å². The van der Waals surface area contributed by atoms with Gasteiger partial charge >= 0.3 is 0 Å². The number of nitro benzene ring substituents is 1. The van der Waals surface area contributed by atoms with Gasteiger partial charge in [-0.1, -0.05) is 11.6 Å². The molecule has 0 radical (unpaired) electrons. The number of anilines is 1. The first-order chi connectivity index (χ1) is 9.47. The van der Waals surface area contributed by atoms with E-state index in [0.717, 1.165) is 0 Å². The SMILES string of the molecule is Cc1cc(NCc2cc(Cl)ccc2[N+](=O)[O-])ccc1F. The van der Waals surface area contributed by atoms with Gasteiger partial charge in [0.2, 0.25) is 0 Å². The van der Waals surface area contributed by atoms with Crippen LogP contribution in [0.15, 0.2) is 36.4 Å². The Balaban J connectivity index is 2.20. The highest BCUT2D eigenvalue weighted by Gasteiger charge is 2.13. The molecule has 0 aliphatic rings. The lowest BCUT2D eigenvalue weighted by atomic mass is 10.1. The molecule has 0 aliphatic carbocycles. The van der Waals surface area contributed by atoms with Gasteiger partial charge in [-0.25, -0.2) is 4.39 Å². The van der Waals surface area contributed by atoms with Crippen molar-refractivity contribution < 1.29 is 9.31 Å². The van der Waals surface area contributed by atoms with Crippen LogP contribution in [0.2, 0.25) is 5.02 Å². The molecule has 0 bridgehead atoms. The lowest BCUT2D eigenvalue weighted by Crippen LogP contribution is -2.03. The van der Waals surface area contributed by atoms with E-state index in [1.54, 1.807) is 25.1 Å². The summed E-state index contributed by atoms with van der Waals surface area (Å²) in [6.07, 6.45) is 0. The van der Waals surface area contributed by atoms with Crippen LogP contribution in [0.4, 0.5) is 15.8 Å². The second-order valence-electron chi connectivity index (χ2n) is 4.35. The zero-order valence-electron chi connectivity index (χ0n) is 10.7. The van der Waals surface area contributed by atoms with Gasteiger partial charge in [0.15, 0.2) is 0 Å². The Bertz CT molecular complexity index is 662. The molecule has 0 heterocycles. The van der Waals surface area contributed by atoms with Crippen LogP contribution in [0, 0.1) is 22.9 Å². The van der Waals surface area contributed by atoms with Crippen LogP contribution in [-0.2, 0) is 6.54 Å². The summed E-state index contributed by atoms with van der Waals surface area (Å²) in [6.45, 7) is 1.89. The average molecular weight is 295 g/mol. The minimum atomic E-state index is -0.455. The number of hydrogen-bond donors (Lipinski definition) is 1. The molecule has 0 saturated carbocycles. The number of halogens is 2. The first kappa shape index (κ1) is 14.3. The maximum Gasteiger partial charge on any atom is 0.274 e. The quantitative estimate of drug-likeness (QED) is 0.675. The van der Waals surface area contributed by atoms with E-state index < -0.39 is 4.92 Å². The van der Waals surface area contributed by atoms with Crippen LogP contribution < -0.4 is 5.32 Å². The van der Waals surface area contributed by atoms with Gasteiger partial charge in [-0.15, -0.1) is 0 Å². The molecule has 0 amide bonds. The highest BCUT2D eigenvalue weighted by molar-refractivity contribution is 6.30. The molecule has 4 nitrogen and oxygen atoms in total. The predicted molar refractivity (Wildman–Crippen MR) is 76.6 cm³/mol. The molecule has 0 unspecified atom stereocenters. The highest BCUT2D eigenvalue weighted by Crippen LogP contribution is 2.24. The molecule has 0 saturated heterocycles. The summed E-state index contributed by atoms with van der Waals surface area (Å²) >= 11 is 5.85. The van der Waals surface area contributed by atoms with Crippen LogP contribution in [0.5, 0.6) is 0 Å². The summed E-state index contributed by atoms with van der Waals surface area (Å²) in [5.41, 5.74) is 1.68. The lowest BCUT2D eigenvalue weighted by Gasteiger charge is -2.08. The number of hydrogen-bond acceptors (Lipinski definition) is 3. The molecule has 0 aromatic heterocycles. The van der Waals surface area contributed by atoms with E-state index in [2.05, 4.69) is 5.32 Å². The largest absolute Gasteiger partial charge is 0.381 e. The number of aryl methyl sites for hydroxylation is 1. The molecule has 1 N–H and O–H groups in total. The Hall–Kier alpha value is -2.14. The topological polar surface area (TPSA) is 55.2 Å². The lowest BCUT2D eigenvalue weighted by molar-refractivity contribution is -0.385. The Kier molecular flexibility index (Phi) is 4.20. The average Bonchev–Trinajstić information content (AvgIpc) is 2.40. The minimum absolute atomic E-state index is 0.000679. The van der Waals surface area contributed by atoms with Crippen LogP contribution >= 0.6 is 11.6 Å². The summed E-state index contributed by atoms with van der Waals surface area (Å²) in [5.74, 6) is -0.288. The van der Waals surface area contributed by atoms with Gasteiger partial charge in [0.25, 0.3) is 5.69 Å². The molecule has 6 heteroatoms. The smallest absolute Gasteiger partial charge is 0.274 e. The van der Waals surface area contributed by atoms with Crippen molar-refractivity contribution in [1.29, 1.82) is 0 Å². The standard InChI is InChI=1S/C14H12ClFN2O2/c1-9-6-12(3-4-13(9)16)17-8-10-7-11(15)2-5-14(10)18(19)20/h2-7,17H,8H2,1H3. The maximum absolute atomic E-state index is 13.2. The third-order valence-corrected chi connectivity index (χ3v) is 3.11. The van der Waals surface area contributed by atoms with Crippen LogP contribution in [0.1, 0.15) is 11.1 Å². The molecule has 0 atom stereocenters. The molecule has 104 valence electrons. The van der Waals surface area contributed by atoms with Crippen molar-refractivity contribution in [2.45, 2.75) is 13.5 Å². The molecule has 20 heavy (non-hydrogen) atoms.